The van der Waals surface area contributed by atoms with Gasteiger partial charge in [0.1, 0.15) is 0 Å². The molecular formula is C14H21ClN2O3S. The summed E-state index contributed by atoms with van der Waals surface area (Å²) in [6, 6.07) is 4.37. The summed E-state index contributed by atoms with van der Waals surface area (Å²) in [7, 11) is -3.63. The van der Waals surface area contributed by atoms with Crippen LogP contribution in [0, 0.1) is 0 Å². The quantitative estimate of drug-likeness (QED) is 0.844. The highest BCUT2D eigenvalue weighted by atomic mass is 35.5. The Balaban J connectivity index is 2.41. The Bertz CT molecular complexity index is 640. The Kier molecular flexibility index (Phi) is 4.04. The molecule has 1 aromatic rings. The lowest BCUT2D eigenvalue weighted by molar-refractivity contribution is -0.163. The van der Waals surface area contributed by atoms with Crippen LogP contribution in [0.25, 0.3) is 0 Å². The van der Waals surface area contributed by atoms with E-state index in [-0.39, 0.29) is 10.6 Å². The normalized spacial score (nSPS) is 22.1. The fraction of sp³-hybridized carbons (Fsp3) is 0.571. The number of rotatable bonds is 2. The highest BCUT2D eigenvalue weighted by Gasteiger charge is 2.43. The first kappa shape index (κ1) is 16.5. The van der Waals surface area contributed by atoms with Gasteiger partial charge in [0.15, 0.2) is 0 Å². The topological polar surface area (TPSA) is 72.6 Å². The van der Waals surface area contributed by atoms with Crippen LogP contribution in [-0.4, -0.2) is 37.0 Å². The van der Waals surface area contributed by atoms with Gasteiger partial charge in [-0.3, -0.25) is 0 Å². The third-order valence-electron chi connectivity index (χ3n) is 3.27. The van der Waals surface area contributed by atoms with Crippen LogP contribution < -0.4 is 5.73 Å². The zero-order valence-electron chi connectivity index (χ0n) is 12.7. The number of nitrogens with zero attached hydrogens (tertiary/aromatic N) is 1. The first-order chi connectivity index (χ1) is 9.43. The lowest BCUT2D eigenvalue weighted by Gasteiger charge is -2.46. The number of sulfonamides is 1. The van der Waals surface area contributed by atoms with Crippen LogP contribution in [0.5, 0.6) is 0 Å². The third-order valence-corrected chi connectivity index (χ3v) is 5.40. The number of hydrogen-bond acceptors (Lipinski definition) is 4. The number of anilines is 1. The van der Waals surface area contributed by atoms with E-state index in [0.717, 1.165) is 0 Å². The fourth-order valence-electron chi connectivity index (χ4n) is 2.72. The molecule has 2 rings (SSSR count). The fourth-order valence-corrected chi connectivity index (χ4v) is 4.61. The summed E-state index contributed by atoms with van der Waals surface area (Å²) < 4.78 is 33.0. The molecule has 1 saturated heterocycles. The molecular weight excluding hydrogens is 312 g/mol. The maximum Gasteiger partial charge on any atom is 0.243 e. The second-order valence-electron chi connectivity index (χ2n) is 6.58. The minimum absolute atomic E-state index is 0.151. The minimum Gasteiger partial charge on any atom is -0.397 e. The standard InChI is InChI=1S/C14H21ClN2O3S/c1-13(2)8-17(9-14(3,4)20-13)21(18,19)10-5-6-11(15)12(16)7-10/h5-7H,8-9,16H2,1-4H3. The van der Waals surface area contributed by atoms with Gasteiger partial charge in [-0.05, 0) is 45.9 Å². The molecule has 1 aliphatic rings. The molecule has 1 fully saturated rings. The number of nitrogens with two attached hydrogens (primary N) is 1. The lowest BCUT2D eigenvalue weighted by atomic mass is 10.0. The molecule has 21 heavy (non-hydrogen) atoms. The van der Waals surface area contributed by atoms with Crippen molar-refractivity contribution >= 4 is 27.3 Å². The number of morpholine rings is 1. The number of nitrogen functional groups attached to an aromatic ring is 1. The SMILES string of the molecule is CC1(C)CN(S(=O)(=O)c2ccc(Cl)c(N)c2)CC(C)(C)O1. The number of benzene rings is 1. The number of hydrogen-bond donors (Lipinski definition) is 1. The monoisotopic (exact) mass is 332 g/mol. The summed E-state index contributed by atoms with van der Waals surface area (Å²) >= 11 is 5.85. The van der Waals surface area contributed by atoms with Gasteiger partial charge in [0.05, 0.1) is 26.8 Å². The van der Waals surface area contributed by atoms with Crippen molar-refractivity contribution in [2.24, 2.45) is 0 Å². The highest BCUT2D eigenvalue weighted by molar-refractivity contribution is 7.89. The van der Waals surface area contributed by atoms with Crippen LogP contribution in [-0.2, 0) is 14.8 Å². The zero-order valence-corrected chi connectivity index (χ0v) is 14.3. The molecule has 1 aromatic carbocycles. The van der Waals surface area contributed by atoms with Crippen LogP contribution in [0.1, 0.15) is 27.7 Å². The molecule has 0 unspecified atom stereocenters. The van der Waals surface area contributed by atoms with Crippen molar-refractivity contribution in [2.45, 2.75) is 43.8 Å². The second-order valence-corrected chi connectivity index (χ2v) is 8.92. The van der Waals surface area contributed by atoms with E-state index >= 15 is 0 Å². The smallest absolute Gasteiger partial charge is 0.243 e. The van der Waals surface area contributed by atoms with E-state index in [0.29, 0.717) is 18.1 Å². The Hall–Kier alpha value is -0.820. The zero-order chi connectivity index (χ0) is 16.1. The van der Waals surface area contributed by atoms with Gasteiger partial charge in [-0.15, -0.1) is 0 Å². The van der Waals surface area contributed by atoms with Crippen LogP contribution in [0.3, 0.4) is 0 Å². The minimum atomic E-state index is -3.63. The van der Waals surface area contributed by atoms with Crippen molar-refractivity contribution in [3.63, 3.8) is 0 Å². The van der Waals surface area contributed by atoms with E-state index in [1.165, 1.54) is 22.5 Å². The third kappa shape index (κ3) is 3.51. The molecule has 5 nitrogen and oxygen atoms in total. The largest absolute Gasteiger partial charge is 0.397 e. The predicted octanol–water partition coefficient (Wildman–Crippen LogP) is 2.50. The van der Waals surface area contributed by atoms with E-state index in [2.05, 4.69) is 0 Å². The van der Waals surface area contributed by atoms with Gasteiger partial charge in [-0.2, -0.15) is 4.31 Å². The summed E-state index contributed by atoms with van der Waals surface area (Å²) in [6.07, 6.45) is 0. The maximum atomic E-state index is 12.8. The van der Waals surface area contributed by atoms with Gasteiger partial charge in [0.25, 0.3) is 0 Å². The molecule has 1 aliphatic heterocycles. The molecule has 0 radical (unpaired) electrons. The van der Waals surface area contributed by atoms with Gasteiger partial charge in [0, 0.05) is 13.1 Å². The molecule has 1 heterocycles. The molecule has 0 aliphatic carbocycles. The first-order valence-corrected chi connectivity index (χ1v) is 8.50. The molecule has 0 saturated carbocycles. The van der Waals surface area contributed by atoms with Crippen LogP contribution in [0.15, 0.2) is 23.1 Å². The second kappa shape index (κ2) is 5.12. The maximum absolute atomic E-state index is 12.8. The van der Waals surface area contributed by atoms with Crippen molar-refractivity contribution in [3.8, 4) is 0 Å². The highest BCUT2D eigenvalue weighted by Crippen LogP contribution is 2.32. The number of halogens is 1. The first-order valence-electron chi connectivity index (χ1n) is 6.68. The Morgan fingerprint density at radius 3 is 2.19 bits per heavy atom. The average Bonchev–Trinajstić information content (AvgIpc) is 2.28. The van der Waals surface area contributed by atoms with Crippen molar-refractivity contribution in [1.82, 2.24) is 4.31 Å². The molecule has 118 valence electrons. The molecule has 0 spiro atoms. The Morgan fingerprint density at radius 1 is 1.19 bits per heavy atom. The van der Waals surface area contributed by atoms with E-state index in [1.807, 2.05) is 27.7 Å². The summed E-state index contributed by atoms with van der Waals surface area (Å²) in [5.41, 5.74) is 4.87. The van der Waals surface area contributed by atoms with E-state index in [1.54, 1.807) is 0 Å². The Labute approximate surface area is 131 Å². The van der Waals surface area contributed by atoms with Gasteiger partial charge in [0.2, 0.25) is 10.0 Å². The molecule has 0 bridgehead atoms. The predicted molar refractivity (Wildman–Crippen MR) is 83.9 cm³/mol. The average molecular weight is 333 g/mol. The summed E-state index contributed by atoms with van der Waals surface area (Å²) in [6.45, 7) is 8.11. The number of ether oxygens (including phenoxy) is 1. The molecule has 0 atom stereocenters. The van der Waals surface area contributed by atoms with E-state index in [9.17, 15) is 8.42 Å². The van der Waals surface area contributed by atoms with Crippen molar-refractivity contribution in [2.75, 3.05) is 18.8 Å². The van der Waals surface area contributed by atoms with Crippen molar-refractivity contribution in [1.29, 1.82) is 0 Å². The van der Waals surface area contributed by atoms with Crippen LogP contribution >= 0.6 is 11.6 Å². The molecule has 0 amide bonds. The van der Waals surface area contributed by atoms with Gasteiger partial charge in [-0.1, -0.05) is 11.6 Å². The van der Waals surface area contributed by atoms with E-state index in [4.69, 9.17) is 22.1 Å². The summed E-state index contributed by atoms with van der Waals surface area (Å²) in [5.74, 6) is 0. The molecule has 2 N–H and O–H groups in total. The van der Waals surface area contributed by atoms with E-state index < -0.39 is 21.2 Å². The summed E-state index contributed by atoms with van der Waals surface area (Å²) in [4.78, 5) is 0.151. The van der Waals surface area contributed by atoms with Gasteiger partial charge < -0.3 is 10.5 Å². The van der Waals surface area contributed by atoms with Crippen LogP contribution in [0.2, 0.25) is 5.02 Å². The summed E-state index contributed by atoms with van der Waals surface area (Å²) in [5, 5.41) is 0.344. The Morgan fingerprint density at radius 2 is 1.71 bits per heavy atom. The van der Waals surface area contributed by atoms with Crippen molar-refractivity contribution < 1.29 is 13.2 Å². The van der Waals surface area contributed by atoms with Crippen molar-refractivity contribution in [3.05, 3.63) is 23.2 Å². The molecule has 0 aromatic heterocycles. The van der Waals surface area contributed by atoms with Gasteiger partial charge in [-0.25, -0.2) is 8.42 Å². The van der Waals surface area contributed by atoms with Gasteiger partial charge >= 0.3 is 0 Å². The molecule has 7 heteroatoms. The lowest BCUT2D eigenvalue weighted by Crippen LogP contribution is -2.58. The van der Waals surface area contributed by atoms with Crippen LogP contribution in [0.4, 0.5) is 5.69 Å².